The molecule has 3 rings (SSSR count). The highest BCUT2D eigenvalue weighted by Crippen LogP contribution is 2.27. The zero-order valence-electron chi connectivity index (χ0n) is 12.1. The van der Waals surface area contributed by atoms with E-state index in [-0.39, 0.29) is 6.04 Å². The standard InChI is InChI=1S/C12H18N8/c1-5-8-9-11(19(4)17-8)20(12(13)15-9)7(2)10-16-14-6-18(10)3/h6-7H,5H2,1-4H3,(H2,13,15). The molecular weight excluding hydrogens is 256 g/mol. The Morgan fingerprint density at radius 1 is 1.35 bits per heavy atom. The van der Waals surface area contributed by atoms with Crippen molar-refractivity contribution in [3.8, 4) is 0 Å². The maximum absolute atomic E-state index is 6.10. The number of nitrogens with zero attached hydrogens (tertiary/aromatic N) is 7. The van der Waals surface area contributed by atoms with E-state index in [2.05, 4.69) is 27.2 Å². The van der Waals surface area contributed by atoms with Gasteiger partial charge in [0, 0.05) is 14.1 Å². The maximum atomic E-state index is 6.10. The van der Waals surface area contributed by atoms with Gasteiger partial charge >= 0.3 is 0 Å². The molecule has 0 saturated carbocycles. The minimum atomic E-state index is -0.0624. The third-order valence-corrected chi connectivity index (χ3v) is 3.61. The van der Waals surface area contributed by atoms with E-state index in [9.17, 15) is 0 Å². The van der Waals surface area contributed by atoms with E-state index in [4.69, 9.17) is 5.73 Å². The van der Waals surface area contributed by atoms with Crippen molar-refractivity contribution in [2.75, 3.05) is 5.73 Å². The Balaban J connectivity index is 2.23. The minimum absolute atomic E-state index is 0.0624. The molecule has 0 spiro atoms. The molecule has 8 heteroatoms. The van der Waals surface area contributed by atoms with E-state index >= 15 is 0 Å². The third-order valence-electron chi connectivity index (χ3n) is 3.61. The van der Waals surface area contributed by atoms with Gasteiger partial charge in [-0.1, -0.05) is 6.92 Å². The first-order valence-electron chi connectivity index (χ1n) is 6.57. The summed E-state index contributed by atoms with van der Waals surface area (Å²) in [7, 11) is 3.82. The molecule has 1 unspecified atom stereocenters. The predicted octanol–water partition coefficient (Wildman–Crippen LogP) is 0.652. The van der Waals surface area contributed by atoms with E-state index in [0.717, 1.165) is 29.1 Å². The van der Waals surface area contributed by atoms with Gasteiger partial charge in [0.05, 0.1) is 11.7 Å². The van der Waals surface area contributed by atoms with Crippen molar-refractivity contribution in [2.24, 2.45) is 14.1 Å². The van der Waals surface area contributed by atoms with Gasteiger partial charge in [-0.3, -0.25) is 9.25 Å². The summed E-state index contributed by atoms with van der Waals surface area (Å²) in [6.07, 6.45) is 2.50. The van der Waals surface area contributed by atoms with Gasteiger partial charge < -0.3 is 10.3 Å². The SMILES string of the molecule is CCc1nn(C)c2c1nc(N)n2C(C)c1nncn1C. The van der Waals surface area contributed by atoms with Crippen molar-refractivity contribution in [3.05, 3.63) is 17.8 Å². The molecule has 0 saturated heterocycles. The Bertz CT molecular complexity index is 762. The van der Waals surface area contributed by atoms with Crippen LogP contribution in [0, 0.1) is 0 Å². The number of nitrogens with two attached hydrogens (primary N) is 1. The fourth-order valence-corrected chi connectivity index (χ4v) is 2.63. The van der Waals surface area contributed by atoms with Crippen LogP contribution in [0.15, 0.2) is 6.33 Å². The molecule has 3 aromatic rings. The monoisotopic (exact) mass is 274 g/mol. The van der Waals surface area contributed by atoms with Crippen LogP contribution in [0.3, 0.4) is 0 Å². The molecule has 20 heavy (non-hydrogen) atoms. The zero-order valence-corrected chi connectivity index (χ0v) is 12.1. The normalized spacial score (nSPS) is 13.2. The lowest BCUT2D eigenvalue weighted by atomic mass is 10.3. The molecular formula is C12H18N8. The maximum Gasteiger partial charge on any atom is 0.203 e. The molecule has 0 amide bonds. The number of imidazole rings is 1. The largest absolute Gasteiger partial charge is 0.369 e. The van der Waals surface area contributed by atoms with Crippen molar-refractivity contribution in [1.29, 1.82) is 0 Å². The summed E-state index contributed by atoms with van der Waals surface area (Å²) < 4.78 is 5.66. The van der Waals surface area contributed by atoms with E-state index in [0.29, 0.717) is 5.95 Å². The quantitative estimate of drug-likeness (QED) is 0.757. The summed E-state index contributed by atoms with van der Waals surface area (Å²) in [6, 6.07) is -0.0624. The van der Waals surface area contributed by atoms with E-state index < -0.39 is 0 Å². The van der Waals surface area contributed by atoms with Crippen LogP contribution in [0.2, 0.25) is 0 Å². The Labute approximate surface area is 116 Å². The number of nitrogen functional groups attached to an aromatic ring is 1. The number of aromatic nitrogens is 7. The van der Waals surface area contributed by atoms with Crippen LogP contribution in [-0.4, -0.2) is 34.1 Å². The summed E-state index contributed by atoms with van der Waals surface area (Å²) in [5, 5.41) is 12.6. The van der Waals surface area contributed by atoms with Gasteiger partial charge in [0.15, 0.2) is 11.5 Å². The van der Waals surface area contributed by atoms with Crippen LogP contribution in [0.25, 0.3) is 11.2 Å². The van der Waals surface area contributed by atoms with Crippen molar-refractivity contribution in [1.82, 2.24) is 34.1 Å². The molecule has 0 aromatic carbocycles. The number of fused-ring (bicyclic) bond motifs is 1. The number of hydrogen-bond acceptors (Lipinski definition) is 5. The summed E-state index contributed by atoms with van der Waals surface area (Å²) in [4.78, 5) is 4.47. The molecule has 0 radical (unpaired) electrons. The lowest BCUT2D eigenvalue weighted by Gasteiger charge is -2.14. The van der Waals surface area contributed by atoms with Crippen LogP contribution < -0.4 is 5.73 Å². The Morgan fingerprint density at radius 3 is 2.70 bits per heavy atom. The zero-order chi connectivity index (χ0) is 14.4. The van der Waals surface area contributed by atoms with E-state index in [1.807, 2.05) is 34.8 Å². The Morgan fingerprint density at radius 2 is 2.10 bits per heavy atom. The second kappa shape index (κ2) is 4.32. The lowest BCUT2D eigenvalue weighted by molar-refractivity contribution is 0.578. The number of rotatable bonds is 3. The fourth-order valence-electron chi connectivity index (χ4n) is 2.63. The summed E-state index contributed by atoms with van der Waals surface area (Å²) in [6.45, 7) is 4.09. The molecule has 0 aliphatic heterocycles. The van der Waals surface area contributed by atoms with Gasteiger partial charge in [-0.2, -0.15) is 5.10 Å². The average Bonchev–Trinajstić information content (AvgIpc) is 3.05. The predicted molar refractivity (Wildman–Crippen MR) is 75.1 cm³/mol. The highest BCUT2D eigenvalue weighted by Gasteiger charge is 2.23. The highest BCUT2D eigenvalue weighted by molar-refractivity contribution is 5.78. The van der Waals surface area contributed by atoms with Gasteiger partial charge in [0.1, 0.15) is 11.8 Å². The topological polar surface area (TPSA) is 92.4 Å². The highest BCUT2D eigenvalue weighted by atomic mass is 15.4. The van der Waals surface area contributed by atoms with Crippen LogP contribution in [0.1, 0.15) is 31.4 Å². The number of aryl methyl sites for hydroxylation is 3. The first-order valence-corrected chi connectivity index (χ1v) is 6.57. The van der Waals surface area contributed by atoms with E-state index in [1.165, 1.54) is 0 Å². The Kier molecular flexibility index (Phi) is 2.73. The van der Waals surface area contributed by atoms with Crippen LogP contribution in [0.5, 0.6) is 0 Å². The first kappa shape index (κ1) is 12.6. The van der Waals surface area contributed by atoms with Gasteiger partial charge in [-0.15, -0.1) is 10.2 Å². The lowest BCUT2D eigenvalue weighted by Crippen LogP contribution is -2.16. The van der Waals surface area contributed by atoms with Crippen LogP contribution in [-0.2, 0) is 20.5 Å². The second-order valence-electron chi connectivity index (χ2n) is 4.91. The number of anilines is 1. The van der Waals surface area contributed by atoms with Gasteiger partial charge in [-0.25, -0.2) is 4.98 Å². The smallest absolute Gasteiger partial charge is 0.203 e. The Hall–Kier alpha value is -2.38. The van der Waals surface area contributed by atoms with Crippen molar-refractivity contribution in [3.63, 3.8) is 0 Å². The molecule has 1 atom stereocenters. The first-order chi connectivity index (χ1) is 9.54. The molecule has 0 aliphatic rings. The van der Waals surface area contributed by atoms with Crippen molar-refractivity contribution >= 4 is 17.1 Å². The number of hydrogen-bond donors (Lipinski definition) is 1. The van der Waals surface area contributed by atoms with Crippen LogP contribution >= 0.6 is 0 Å². The van der Waals surface area contributed by atoms with Crippen molar-refractivity contribution < 1.29 is 0 Å². The summed E-state index contributed by atoms with van der Waals surface area (Å²) in [5.41, 5.74) is 8.83. The molecule has 8 nitrogen and oxygen atoms in total. The molecule has 3 heterocycles. The molecule has 2 N–H and O–H groups in total. The molecule has 0 aliphatic carbocycles. The molecule has 0 fully saturated rings. The molecule has 3 aromatic heterocycles. The van der Waals surface area contributed by atoms with Gasteiger partial charge in [0.25, 0.3) is 0 Å². The third kappa shape index (κ3) is 1.60. The van der Waals surface area contributed by atoms with E-state index in [1.54, 1.807) is 6.33 Å². The minimum Gasteiger partial charge on any atom is -0.369 e. The average molecular weight is 274 g/mol. The molecule has 106 valence electrons. The van der Waals surface area contributed by atoms with Crippen LogP contribution in [0.4, 0.5) is 5.95 Å². The van der Waals surface area contributed by atoms with Gasteiger partial charge in [0.2, 0.25) is 5.95 Å². The van der Waals surface area contributed by atoms with Crippen molar-refractivity contribution in [2.45, 2.75) is 26.3 Å². The summed E-state index contributed by atoms with van der Waals surface area (Å²) >= 11 is 0. The fraction of sp³-hybridized carbons (Fsp3) is 0.500. The second-order valence-corrected chi connectivity index (χ2v) is 4.91. The molecule has 0 bridgehead atoms. The van der Waals surface area contributed by atoms with Gasteiger partial charge in [-0.05, 0) is 13.3 Å². The summed E-state index contributed by atoms with van der Waals surface area (Å²) in [5.74, 6) is 1.30.